The lowest BCUT2D eigenvalue weighted by Crippen LogP contribution is -2.39. The number of nitrogens with zero attached hydrogens (tertiary/aromatic N) is 2. The van der Waals surface area contributed by atoms with Crippen LogP contribution in [0.15, 0.2) is 59.8 Å². The van der Waals surface area contributed by atoms with Crippen LogP contribution in [0.25, 0.3) is 10.9 Å². The molecular formula is C19H21N5O2. The summed E-state index contributed by atoms with van der Waals surface area (Å²) >= 11 is 0. The zero-order chi connectivity index (χ0) is 18.5. The Kier molecular flexibility index (Phi) is 5.19. The highest BCUT2D eigenvalue weighted by molar-refractivity contribution is 6.06. The normalized spacial score (nSPS) is 11.5. The number of carbonyl (C=O) groups is 1. The van der Waals surface area contributed by atoms with Gasteiger partial charge in [-0.25, -0.2) is 0 Å². The molecule has 0 aliphatic carbocycles. The lowest BCUT2D eigenvalue weighted by molar-refractivity contribution is 0.0844. The maximum absolute atomic E-state index is 12.6. The van der Waals surface area contributed by atoms with Crippen LogP contribution in [-0.2, 0) is 18.0 Å². The number of benzene rings is 2. The standard InChI is InChI=1S/C19H21N5O2/c1-24(18(25)17-10-13-6-4-5-9-16(13)22-17)19(21)23-26-12-15-8-3-2-7-14(15)11-20/h2-10,22H,11-12,20H2,1H3,(H2,21,23). The third-order valence-corrected chi connectivity index (χ3v) is 4.13. The molecular weight excluding hydrogens is 330 g/mol. The summed E-state index contributed by atoms with van der Waals surface area (Å²) in [5.74, 6) is -0.327. The van der Waals surface area contributed by atoms with Crippen molar-refractivity contribution in [1.29, 1.82) is 0 Å². The molecule has 0 saturated carbocycles. The van der Waals surface area contributed by atoms with Crippen molar-refractivity contribution >= 4 is 22.8 Å². The number of fused-ring (bicyclic) bond motifs is 1. The van der Waals surface area contributed by atoms with Gasteiger partial charge in [0.1, 0.15) is 12.3 Å². The minimum Gasteiger partial charge on any atom is -0.388 e. The van der Waals surface area contributed by atoms with Gasteiger partial charge >= 0.3 is 0 Å². The minimum absolute atomic E-state index is 0.0288. The Labute approximate surface area is 151 Å². The highest BCUT2D eigenvalue weighted by Crippen LogP contribution is 2.15. The number of nitrogens with two attached hydrogens (primary N) is 2. The van der Waals surface area contributed by atoms with Crippen LogP contribution in [0.4, 0.5) is 0 Å². The van der Waals surface area contributed by atoms with Gasteiger partial charge in [0.2, 0.25) is 5.96 Å². The van der Waals surface area contributed by atoms with Crippen molar-refractivity contribution in [3.63, 3.8) is 0 Å². The fourth-order valence-corrected chi connectivity index (χ4v) is 2.60. The van der Waals surface area contributed by atoms with Crippen LogP contribution in [0.2, 0.25) is 0 Å². The molecule has 0 atom stereocenters. The molecule has 0 aliphatic heterocycles. The van der Waals surface area contributed by atoms with Crippen molar-refractivity contribution in [2.75, 3.05) is 7.05 Å². The molecule has 0 saturated heterocycles. The van der Waals surface area contributed by atoms with Gasteiger partial charge in [-0.15, -0.1) is 0 Å². The van der Waals surface area contributed by atoms with Crippen molar-refractivity contribution in [3.8, 4) is 0 Å². The molecule has 7 heteroatoms. The summed E-state index contributed by atoms with van der Waals surface area (Å²) in [6, 6.07) is 17.1. The number of aromatic amines is 1. The number of nitrogens with one attached hydrogen (secondary N) is 1. The first-order valence-corrected chi connectivity index (χ1v) is 8.18. The first kappa shape index (κ1) is 17.5. The number of aromatic nitrogens is 1. The van der Waals surface area contributed by atoms with Crippen molar-refractivity contribution < 1.29 is 9.63 Å². The third-order valence-electron chi connectivity index (χ3n) is 4.13. The van der Waals surface area contributed by atoms with E-state index < -0.39 is 0 Å². The Morgan fingerprint density at radius 2 is 1.85 bits per heavy atom. The van der Waals surface area contributed by atoms with E-state index in [0.29, 0.717) is 12.2 Å². The maximum atomic E-state index is 12.6. The Balaban J connectivity index is 1.67. The quantitative estimate of drug-likeness (QED) is 0.372. The molecule has 1 amide bonds. The zero-order valence-corrected chi connectivity index (χ0v) is 14.5. The van der Waals surface area contributed by atoms with Crippen LogP contribution in [0, 0.1) is 0 Å². The Bertz CT molecular complexity index is 915. The molecule has 26 heavy (non-hydrogen) atoms. The van der Waals surface area contributed by atoms with Gasteiger partial charge in [0.05, 0.1) is 0 Å². The van der Waals surface area contributed by atoms with Crippen LogP contribution < -0.4 is 11.5 Å². The SMILES string of the molecule is CN(C(=O)c1cc2ccccc2[nH]1)C(N)=NOCc1ccccc1CN. The molecule has 1 aromatic heterocycles. The molecule has 0 aliphatic rings. The summed E-state index contributed by atoms with van der Waals surface area (Å²) < 4.78 is 0. The van der Waals surface area contributed by atoms with Crippen LogP contribution in [-0.4, -0.2) is 28.8 Å². The summed E-state index contributed by atoms with van der Waals surface area (Å²) in [6.07, 6.45) is 0. The third kappa shape index (κ3) is 3.68. The van der Waals surface area contributed by atoms with Gasteiger partial charge in [-0.3, -0.25) is 9.69 Å². The van der Waals surface area contributed by atoms with E-state index in [1.165, 1.54) is 4.90 Å². The highest BCUT2D eigenvalue weighted by Gasteiger charge is 2.17. The number of hydrogen-bond acceptors (Lipinski definition) is 4. The monoisotopic (exact) mass is 351 g/mol. The Hall–Kier alpha value is -3.32. The van der Waals surface area contributed by atoms with Gasteiger partial charge in [0, 0.05) is 24.5 Å². The fourth-order valence-electron chi connectivity index (χ4n) is 2.60. The number of amides is 1. The summed E-state index contributed by atoms with van der Waals surface area (Å²) in [6.45, 7) is 0.639. The maximum Gasteiger partial charge on any atom is 0.276 e. The molecule has 3 rings (SSSR count). The van der Waals surface area contributed by atoms with E-state index >= 15 is 0 Å². The predicted octanol–water partition coefficient (Wildman–Crippen LogP) is 2.15. The molecule has 0 unspecified atom stereocenters. The van der Waals surface area contributed by atoms with Gasteiger partial charge in [0.15, 0.2) is 0 Å². The molecule has 3 aromatic rings. The molecule has 7 nitrogen and oxygen atoms in total. The number of hydrogen-bond donors (Lipinski definition) is 3. The lowest BCUT2D eigenvalue weighted by atomic mass is 10.1. The van der Waals surface area contributed by atoms with E-state index in [4.69, 9.17) is 16.3 Å². The average molecular weight is 351 g/mol. The van der Waals surface area contributed by atoms with E-state index in [1.54, 1.807) is 13.1 Å². The second-order valence-corrected chi connectivity index (χ2v) is 5.83. The second-order valence-electron chi connectivity index (χ2n) is 5.83. The van der Waals surface area contributed by atoms with Crippen molar-refractivity contribution in [2.24, 2.45) is 16.6 Å². The number of para-hydroxylation sites is 1. The largest absolute Gasteiger partial charge is 0.388 e. The summed E-state index contributed by atoms with van der Waals surface area (Å²) in [7, 11) is 1.55. The first-order valence-electron chi connectivity index (χ1n) is 8.18. The number of oxime groups is 1. The zero-order valence-electron chi connectivity index (χ0n) is 14.5. The molecule has 0 fully saturated rings. The van der Waals surface area contributed by atoms with E-state index in [9.17, 15) is 4.79 Å². The molecule has 0 spiro atoms. The summed E-state index contributed by atoms with van der Waals surface area (Å²) in [5, 5.41) is 4.79. The summed E-state index contributed by atoms with van der Waals surface area (Å²) in [5.41, 5.74) is 14.8. The first-order chi connectivity index (χ1) is 12.6. The number of guanidine groups is 1. The van der Waals surface area contributed by atoms with Gasteiger partial charge < -0.3 is 21.3 Å². The van der Waals surface area contributed by atoms with Crippen LogP contribution in [0.3, 0.4) is 0 Å². The minimum atomic E-state index is -0.298. The second kappa shape index (κ2) is 7.71. The van der Waals surface area contributed by atoms with Gasteiger partial charge in [0.25, 0.3) is 5.91 Å². The summed E-state index contributed by atoms with van der Waals surface area (Å²) in [4.78, 5) is 22.2. The van der Waals surface area contributed by atoms with Crippen LogP contribution in [0.1, 0.15) is 21.6 Å². The van der Waals surface area contributed by atoms with Crippen molar-refractivity contribution in [1.82, 2.24) is 9.88 Å². The van der Waals surface area contributed by atoms with Gasteiger partial charge in [-0.1, -0.05) is 42.5 Å². The van der Waals surface area contributed by atoms with Crippen molar-refractivity contribution in [2.45, 2.75) is 13.2 Å². The van der Waals surface area contributed by atoms with E-state index in [2.05, 4.69) is 10.1 Å². The van der Waals surface area contributed by atoms with E-state index in [1.807, 2.05) is 48.5 Å². The topological polar surface area (TPSA) is 110 Å². The van der Waals surface area contributed by atoms with E-state index in [-0.39, 0.29) is 18.5 Å². The molecule has 0 radical (unpaired) electrons. The number of rotatable bonds is 5. The van der Waals surface area contributed by atoms with E-state index in [0.717, 1.165) is 22.0 Å². The number of H-pyrrole nitrogens is 1. The number of carbonyl (C=O) groups excluding carboxylic acids is 1. The Morgan fingerprint density at radius 3 is 2.58 bits per heavy atom. The Morgan fingerprint density at radius 1 is 1.15 bits per heavy atom. The van der Waals surface area contributed by atoms with Gasteiger partial charge in [-0.2, -0.15) is 0 Å². The molecule has 5 N–H and O–H groups in total. The molecule has 0 bridgehead atoms. The van der Waals surface area contributed by atoms with Crippen molar-refractivity contribution in [3.05, 3.63) is 71.4 Å². The average Bonchev–Trinajstić information content (AvgIpc) is 3.11. The predicted molar refractivity (Wildman–Crippen MR) is 101 cm³/mol. The van der Waals surface area contributed by atoms with Crippen LogP contribution in [0.5, 0.6) is 0 Å². The van der Waals surface area contributed by atoms with Crippen LogP contribution >= 0.6 is 0 Å². The molecule has 1 heterocycles. The fraction of sp³-hybridized carbons (Fsp3) is 0.158. The highest BCUT2D eigenvalue weighted by atomic mass is 16.6. The lowest BCUT2D eigenvalue weighted by Gasteiger charge is -2.14. The smallest absolute Gasteiger partial charge is 0.276 e. The van der Waals surface area contributed by atoms with Gasteiger partial charge in [-0.05, 0) is 28.4 Å². The molecule has 134 valence electrons. The molecule has 2 aromatic carbocycles.